The lowest BCUT2D eigenvalue weighted by molar-refractivity contribution is -0.153. The highest BCUT2D eigenvalue weighted by atomic mass is 35.5. The van der Waals surface area contributed by atoms with E-state index < -0.39 is 18.5 Å². The highest BCUT2D eigenvalue weighted by Crippen LogP contribution is 2.22. The second kappa shape index (κ2) is 10.3. The van der Waals surface area contributed by atoms with Crippen LogP contribution in [-0.4, -0.2) is 49.5 Å². The number of likely N-dealkylation sites (N-methyl/N-ethyl adjacent to an activating group) is 1. The molecule has 2 aromatic rings. The van der Waals surface area contributed by atoms with E-state index in [1.54, 1.807) is 36.4 Å². The molecule has 2 amide bonds. The minimum absolute atomic E-state index is 0.166. The van der Waals surface area contributed by atoms with Gasteiger partial charge in [0.1, 0.15) is 5.75 Å². The summed E-state index contributed by atoms with van der Waals surface area (Å²) < 4.78 is 10.1. The van der Waals surface area contributed by atoms with E-state index in [0.717, 1.165) is 5.56 Å². The molecule has 0 radical (unpaired) electrons. The minimum atomic E-state index is -0.717. The normalized spacial score (nSPS) is 10.1. The zero-order chi connectivity index (χ0) is 20.5. The van der Waals surface area contributed by atoms with E-state index in [2.05, 4.69) is 5.32 Å². The summed E-state index contributed by atoms with van der Waals surface area (Å²) in [5.74, 6) is -1.23. The molecule has 2 rings (SSSR count). The number of aryl methyl sites for hydroxylation is 1. The van der Waals surface area contributed by atoms with Crippen LogP contribution in [0.25, 0.3) is 0 Å². The number of esters is 1. The molecule has 0 atom stereocenters. The van der Waals surface area contributed by atoms with Crippen molar-refractivity contribution in [3.05, 3.63) is 59.1 Å². The number of halogens is 1. The molecule has 0 spiro atoms. The number of benzene rings is 2. The summed E-state index contributed by atoms with van der Waals surface area (Å²) in [5, 5.41) is 3.06. The van der Waals surface area contributed by atoms with Crippen molar-refractivity contribution in [3.63, 3.8) is 0 Å². The first-order valence-corrected chi connectivity index (χ1v) is 8.86. The van der Waals surface area contributed by atoms with Crippen molar-refractivity contribution < 1.29 is 23.9 Å². The molecule has 8 heteroatoms. The van der Waals surface area contributed by atoms with Crippen LogP contribution in [0, 0.1) is 6.92 Å². The van der Waals surface area contributed by atoms with Crippen LogP contribution in [0.1, 0.15) is 5.56 Å². The monoisotopic (exact) mass is 404 g/mol. The van der Waals surface area contributed by atoms with Gasteiger partial charge in [-0.2, -0.15) is 0 Å². The maximum absolute atomic E-state index is 12.0. The summed E-state index contributed by atoms with van der Waals surface area (Å²) in [6.07, 6.45) is 0. The van der Waals surface area contributed by atoms with Crippen molar-refractivity contribution in [1.29, 1.82) is 0 Å². The van der Waals surface area contributed by atoms with Gasteiger partial charge in [-0.25, -0.2) is 4.79 Å². The fourth-order valence-corrected chi connectivity index (χ4v) is 2.32. The summed E-state index contributed by atoms with van der Waals surface area (Å²) in [4.78, 5) is 36.9. The molecule has 7 nitrogen and oxygen atoms in total. The van der Waals surface area contributed by atoms with Crippen LogP contribution in [0.5, 0.6) is 5.75 Å². The van der Waals surface area contributed by atoms with Crippen molar-refractivity contribution in [1.82, 2.24) is 4.90 Å². The Morgan fingerprint density at radius 3 is 2.39 bits per heavy atom. The molecular formula is C20H21ClN2O5. The van der Waals surface area contributed by atoms with E-state index >= 15 is 0 Å². The van der Waals surface area contributed by atoms with Crippen molar-refractivity contribution in [2.45, 2.75) is 6.92 Å². The molecule has 0 aliphatic rings. The minimum Gasteiger partial charge on any atom is -0.480 e. The lowest BCUT2D eigenvalue weighted by Crippen LogP contribution is -2.37. The number of hydrogen-bond acceptors (Lipinski definition) is 5. The van der Waals surface area contributed by atoms with Gasteiger partial charge in [-0.05, 0) is 31.2 Å². The van der Waals surface area contributed by atoms with Gasteiger partial charge in [0, 0.05) is 12.7 Å². The summed E-state index contributed by atoms with van der Waals surface area (Å²) in [7, 11) is 1.45. The van der Waals surface area contributed by atoms with Gasteiger partial charge in [0.25, 0.3) is 5.91 Å². The fraction of sp³-hybridized carbons (Fsp3) is 0.250. The van der Waals surface area contributed by atoms with Crippen molar-refractivity contribution in [2.24, 2.45) is 0 Å². The molecule has 28 heavy (non-hydrogen) atoms. The standard InChI is InChI=1S/C20H21ClN2O5/c1-14-7-9-15(10-8-14)22-18(24)11-23(2)19(25)12-28-20(26)13-27-17-6-4-3-5-16(17)21/h3-10H,11-13H2,1-2H3,(H,22,24). The number of carbonyl (C=O) groups is 3. The SMILES string of the molecule is Cc1ccc(NC(=O)CN(C)C(=O)COC(=O)COc2ccccc2Cl)cc1. The first-order chi connectivity index (χ1) is 13.3. The van der Waals surface area contributed by atoms with Gasteiger partial charge in [-0.3, -0.25) is 9.59 Å². The quantitative estimate of drug-likeness (QED) is 0.684. The Hall–Kier alpha value is -3.06. The molecule has 0 aliphatic carbocycles. The van der Waals surface area contributed by atoms with Crippen LogP contribution in [0.2, 0.25) is 5.02 Å². The van der Waals surface area contributed by atoms with Crippen molar-refractivity contribution in [2.75, 3.05) is 32.1 Å². The smallest absolute Gasteiger partial charge is 0.344 e. The fourth-order valence-electron chi connectivity index (χ4n) is 2.13. The number of anilines is 1. The molecular weight excluding hydrogens is 384 g/mol. The van der Waals surface area contributed by atoms with Crippen LogP contribution >= 0.6 is 11.6 Å². The topological polar surface area (TPSA) is 84.9 Å². The van der Waals surface area contributed by atoms with Crippen molar-refractivity contribution in [3.8, 4) is 5.75 Å². The summed E-state index contributed by atoms with van der Waals surface area (Å²) in [5.41, 5.74) is 1.71. The number of nitrogens with zero attached hydrogens (tertiary/aromatic N) is 1. The number of nitrogens with one attached hydrogen (secondary N) is 1. The highest BCUT2D eigenvalue weighted by molar-refractivity contribution is 6.32. The third kappa shape index (κ3) is 6.92. The van der Waals surface area contributed by atoms with Crippen LogP contribution in [-0.2, 0) is 19.1 Å². The Labute approximate surface area is 168 Å². The lowest BCUT2D eigenvalue weighted by Gasteiger charge is -2.17. The zero-order valence-electron chi connectivity index (χ0n) is 15.6. The van der Waals surface area contributed by atoms with Gasteiger partial charge in [-0.1, -0.05) is 41.4 Å². The predicted octanol–water partition coefficient (Wildman–Crippen LogP) is 2.67. The van der Waals surface area contributed by atoms with E-state index in [1.807, 2.05) is 19.1 Å². The number of hydrogen-bond donors (Lipinski definition) is 1. The Morgan fingerprint density at radius 1 is 1.04 bits per heavy atom. The van der Waals surface area contributed by atoms with Gasteiger partial charge >= 0.3 is 5.97 Å². The average molecular weight is 405 g/mol. The van der Waals surface area contributed by atoms with Gasteiger partial charge in [0.15, 0.2) is 13.2 Å². The first kappa shape index (κ1) is 21.2. The zero-order valence-corrected chi connectivity index (χ0v) is 16.4. The lowest BCUT2D eigenvalue weighted by atomic mass is 10.2. The highest BCUT2D eigenvalue weighted by Gasteiger charge is 2.16. The first-order valence-electron chi connectivity index (χ1n) is 8.48. The molecule has 1 N–H and O–H groups in total. The maximum Gasteiger partial charge on any atom is 0.344 e. The van der Waals surface area contributed by atoms with Crippen molar-refractivity contribution >= 4 is 35.1 Å². The van der Waals surface area contributed by atoms with E-state index in [0.29, 0.717) is 16.5 Å². The van der Waals surface area contributed by atoms with E-state index in [1.165, 1.54) is 11.9 Å². The maximum atomic E-state index is 12.0. The van der Waals surface area contributed by atoms with E-state index in [-0.39, 0.29) is 19.1 Å². The summed E-state index contributed by atoms with van der Waals surface area (Å²) in [6.45, 7) is 0.910. The molecule has 0 saturated heterocycles. The third-order valence-corrected chi connectivity index (χ3v) is 3.99. The van der Waals surface area contributed by atoms with Gasteiger partial charge < -0.3 is 19.7 Å². The second-order valence-corrected chi connectivity index (χ2v) is 6.45. The van der Waals surface area contributed by atoms with E-state index in [9.17, 15) is 14.4 Å². The number of para-hydroxylation sites is 1. The summed E-state index contributed by atoms with van der Waals surface area (Å²) >= 11 is 5.92. The molecule has 0 bridgehead atoms. The average Bonchev–Trinajstić information content (AvgIpc) is 2.67. The van der Waals surface area contributed by atoms with Gasteiger partial charge in [-0.15, -0.1) is 0 Å². The third-order valence-electron chi connectivity index (χ3n) is 3.68. The van der Waals surface area contributed by atoms with Crippen LogP contribution in [0.4, 0.5) is 5.69 Å². The predicted molar refractivity (Wildman–Crippen MR) is 105 cm³/mol. The molecule has 2 aromatic carbocycles. The molecule has 0 aromatic heterocycles. The second-order valence-electron chi connectivity index (χ2n) is 6.04. The van der Waals surface area contributed by atoms with Crippen LogP contribution < -0.4 is 10.1 Å². The van der Waals surface area contributed by atoms with Gasteiger partial charge in [0.2, 0.25) is 5.91 Å². The van der Waals surface area contributed by atoms with E-state index in [4.69, 9.17) is 21.1 Å². The molecule has 0 heterocycles. The molecule has 0 unspecified atom stereocenters. The summed E-state index contributed by atoms with van der Waals surface area (Å²) in [6, 6.07) is 14.0. The largest absolute Gasteiger partial charge is 0.480 e. The Morgan fingerprint density at radius 2 is 1.71 bits per heavy atom. The number of rotatable bonds is 8. The molecule has 0 aliphatic heterocycles. The number of carbonyl (C=O) groups excluding carboxylic acids is 3. The Kier molecular flexibility index (Phi) is 7.83. The molecule has 148 valence electrons. The Bertz CT molecular complexity index is 839. The number of ether oxygens (including phenoxy) is 2. The number of amides is 2. The van der Waals surface area contributed by atoms with Gasteiger partial charge in [0.05, 0.1) is 11.6 Å². The van der Waals surface area contributed by atoms with Crippen LogP contribution in [0.15, 0.2) is 48.5 Å². The van der Waals surface area contributed by atoms with Crippen LogP contribution in [0.3, 0.4) is 0 Å². The molecule has 0 saturated carbocycles. The Balaban J connectivity index is 1.71. The molecule has 0 fully saturated rings.